The first-order valence-corrected chi connectivity index (χ1v) is 13.1. The minimum Gasteiger partial charge on any atom is -0.397 e. The number of hydrogen-bond donors (Lipinski definition) is 4. The van der Waals surface area contributed by atoms with E-state index in [2.05, 4.69) is 15.5 Å². The smallest absolute Gasteiger partial charge is 0.313 e. The Labute approximate surface area is 225 Å². The lowest BCUT2D eigenvalue weighted by atomic mass is 9.77. The summed E-state index contributed by atoms with van der Waals surface area (Å²) >= 11 is 0. The highest BCUT2D eigenvalue weighted by molar-refractivity contribution is 6.05. The number of carbonyl (C=O) groups is 2. The van der Waals surface area contributed by atoms with E-state index in [1.54, 1.807) is 24.3 Å². The number of benzene rings is 3. The van der Waals surface area contributed by atoms with Gasteiger partial charge in [-0.25, -0.2) is 4.79 Å². The molecule has 0 spiro atoms. The molecule has 8 nitrogen and oxygen atoms in total. The number of nitrogen functional groups attached to an aromatic ring is 1. The third-order valence-corrected chi connectivity index (χ3v) is 7.26. The molecule has 6 N–H and O–H groups in total. The molecular weight excluding hydrogens is 476 g/mol. The highest BCUT2D eigenvalue weighted by Gasteiger charge is 2.37. The Morgan fingerprint density at radius 2 is 1.61 bits per heavy atom. The van der Waals surface area contributed by atoms with Crippen LogP contribution in [0.1, 0.15) is 47.2 Å². The van der Waals surface area contributed by atoms with Gasteiger partial charge in [0.15, 0.2) is 0 Å². The minimum atomic E-state index is -0.870. The van der Waals surface area contributed by atoms with E-state index in [1.807, 2.05) is 67.5 Å². The Bertz CT molecular complexity index is 1250. The molecule has 1 aliphatic rings. The lowest BCUT2D eigenvalue weighted by Crippen LogP contribution is -2.50. The fraction of sp³-hybridized carbons (Fsp3) is 0.333. The molecule has 200 valence electrons. The van der Waals surface area contributed by atoms with Crippen molar-refractivity contribution in [1.82, 2.24) is 10.2 Å². The van der Waals surface area contributed by atoms with Gasteiger partial charge in [0.1, 0.15) is 0 Å². The van der Waals surface area contributed by atoms with Crippen LogP contribution < -0.4 is 27.0 Å². The van der Waals surface area contributed by atoms with Gasteiger partial charge < -0.3 is 31.9 Å². The van der Waals surface area contributed by atoms with Crippen molar-refractivity contribution >= 4 is 29.0 Å². The van der Waals surface area contributed by atoms with Crippen molar-refractivity contribution in [1.29, 1.82) is 0 Å². The molecule has 3 amide bonds. The van der Waals surface area contributed by atoms with Crippen LogP contribution in [0.3, 0.4) is 0 Å². The van der Waals surface area contributed by atoms with E-state index in [1.165, 1.54) is 12.8 Å². The summed E-state index contributed by atoms with van der Waals surface area (Å²) in [7, 11) is 3.97. The molecule has 8 heteroatoms. The van der Waals surface area contributed by atoms with Crippen molar-refractivity contribution < 1.29 is 9.59 Å². The molecule has 0 aliphatic carbocycles. The highest BCUT2D eigenvalue weighted by Crippen LogP contribution is 2.39. The Hall–Kier alpha value is -4.04. The second kappa shape index (κ2) is 12.0. The second-order valence-corrected chi connectivity index (χ2v) is 10.1. The quantitative estimate of drug-likeness (QED) is 0.300. The standard InChI is InChI=1S/C30H38N6O2/c1-35(2)27-13-6-3-10-24(27)30(34-29(32)38,18-9-21-36-19-7-8-20-36)23-16-14-22(15-17-23)28(37)33-26-12-5-4-11-25(26)31/h3-6,10-17H,7-9,18-21,31H2,1-2H3,(H,33,37)(H3,32,34,38). The van der Waals surface area contributed by atoms with Crippen molar-refractivity contribution in [2.45, 2.75) is 31.2 Å². The van der Waals surface area contributed by atoms with Crippen LogP contribution in [0.25, 0.3) is 0 Å². The number of primary amides is 1. The number of nitrogens with one attached hydrogen (secondary N) is 2. The number of rotatable bonds is 10. The van der Waals surface area contributed by atoms with Crippen LogP contribution in [0, 0.1) is 0 Å². The third kappa shape index (κ3) is 6.08. The predicted molar refractivity (Wildman–Crippen MR) is 154 cm³/mol. The lowest BCUT2D eigenvalue weighted by molar-refractivity contribution is 0.102. The molecule has 1 saturated heterocycles. The van der Waals surface area contributed by atoms with E-state index in [-0.39, 0.29) is 5.91 Å². The molecular formula is C30H38N6O2. The van der Waals surface area contributed by atoms with Crippen molar-refractivity contribution in [2.75, 3.05) is 49.7 Å². The molecule has 1 fully saturated rings. The molecule has 1 unspecified atom stereocenters. The Balaban J connectivity index is 1.70. The first-order valence-electron chi connectivity index (χ1n) is 13.1. The summed E-state index contributed by atoms with van der Waals surface area (Å²) in [5.74, 6) is -0.259. The summed E-state index contributed by atoms with van der Waals surface area (Å²) in [6.07, 6.45) is 3.99. The van der Waals surface area contributed by atoms with E-state index in [0.717, 1.165) is 42.9 Å². The van der Waals surface area contributed by atoms with Crippen LogP contribution in [0.2, 0.25) is 0 Å². The van der Waals surface area contributed by atoms with Gasteiger partial charge in [0.25, 0.3) is 5.91 Å². The number of hydrogen-bond acceptors (Lipinski definition) is 5. The topological polar surface area (TPSA) is 117 Å². The Morgan fingerprint density at radius 1 is 0.947 bits per heavy atom. The van der Waals surface area contributed by atoms with E-state index in [4.69, 9.17) is 11.5 Å². The summed E-state index contributed by atoms with van der Waals surface area (Å²) < 4.78 is 0. The highest BCUT2D eigenvalue weighted by atomic mass is 16.2. The maximum Gasteiger partial charge on any atom is 0.313 e. The van der Waals surface area contributed by atoms with Gasteiger partial charge in [-0.1, -0.05) is 42.5 Å². The van der Waals surface area contributed by atoms with E-state index >= 15 is 0 Å². The molecule has 3 aromatic carbocycles. The minimum absolute atomic E-state index is 0.259. The van der Waals surface area contributed by atoms with Crippen LogP contribution in [0.4, 0.5) is 21.9 Å². The molecule has 0 saturated carbocycles. The molecule has 38 heavy (non-hydrogen) atoms. The number of carbonyl (C=O) groups excluding carboxylic acids is 2. The van der Waals surface area contributed by atoms with Crippen molar-refractivity contribution in [3.8, 4) is 0 Å². The zero-order valence-corrected chi connectivity index (χ0v) is 22.2. The van der Waals surface area contributed by atoms with Gasteiger partial charge in [-0.3, -0.25) is 4.79 Å². The molecule has 1 aliphatic heterocycles. The molecule has 0 radical (unpaired) electrons. The van der Waals surface area contributed by atoms with Crippen LogP contribution >= 0.6 is 0 Å². The lowest BCUT2D eigenvalue weighted by Gasteiger charge is -2.38. The summed E-state index contributed by atoms with van der Waals surface area (Å²) in [5, 5.41) is 5.99. The van der Waals surface area contributed by atoms with E-state index in [9.17, 15) is 9.59 Å². The van der Waals surface area contributed by atoms with Gasteiger partial charge >= 0.3 is 6.03 Å². The Kier molecular flexibility index (Phi) is 8.53. The van der Waals surface area contributed by atoms with Gasteiger partial charge in [-0.05, 0) is 81.2 Å². The summed E-state index contributed by atoms with van der Waals surface area (Å²) in [5.41, 5.74) is 15.3. The second-order valence-electron chi connectivity index (χ2n) is 10.1. The fourth-order valence-corrected chi connectivity index (χ4v) is 5.36. The molecule has 3 aromatic rings. The van der Waals surface area contributed by atoms with E-state index in [0.29, 0.717) is 23.4 Å². The van der Waals surface area contributed by atoms with E-state index < -0.39 is 11.6 Å². The van der Waals surface area contributed by atoms with Crippen LogP contribution in [-0.4, -0.2) is 50.6 Å². The summed E-state index contributed by atoms with van der Waals surface area (Å²) in [6.45, 7) is 3.17. The largest absolute Gasteiger partial charge is 0.397 e. The molecule has 1 atom stereocenters. The molecule has 0 aromatic heterocycles. The number of anilines is 3. The average molecular weight is 515 g/mol. The monoisotopic (exact) mass is 514 g/mol. The first-order chi connectivity index (χ1) is 18.3. The number of para-hydroxylation sites is 3. The summed E-state index contributed by atoms with van der Waals surface area (Å²) in [4.78, 5) is 30.0. The maximum atomic E-state index is 13.0. The number of amides is 3. The van der Waals surface area contributed by atoms with Gasteiger partial charge in [0.2, 0.25) is 0 Å². The van der Waals surface area contributed by atoms with Crippen LogP contribution in [0.15, 0.2) is 72.8 Å². The van der Waals surface area contributed by atoms with Gasteiger partial charge in [0.05, 0.1) is 16.9 Å². The fourth-order valence-electron chi connectivity index (χ4n) is 5.36. The van der Waals surface area contributed by atoms with Crippen LogP contribution in [-0.2, 0) is 5.54 Å². The first kappa shape index (κ1) is 27.0. The van der Waals surface area contributed by atoms with Crippen molar-refractivity contribution in [3.63, 3.8) is 0 Å². The van der Waals surface area contributed by atoms with Gasteiger partial charge in [0, 0.05) is 30.9 Å². The molecule has 1 heterocycles. The predicted octanol–water partition coefficient (Wildman–Crippen LogP) is 4.38. The Morgan fingerprint density at radius 3 is 2.26 bits per heavy atom. The maximum absolute atomic E-state index is 13.0. The average Bonchev–Trinajstić information content (AvgIpc) is 3.43. The number of nitrogens with two attached hydrogens (primary N) is 2. The van der Waals surface area contributed by atoms with Gasteiger partial charge in [-0.15, -0.1) is 0 Å². The molecule has 0 bridgehead atoms. The summed E-state index contributed by atoms with van der Waals surface area (Å²) in [6, 6.07) is 22.0. The normalized spacial score (nSPS) is 15.0. The number of nitrogens with zero attached hydrogens (tertiary/aromatic N) is 2. The van der Waals surface area contributed by atoms with Crippen molar-refractivity contribution in [2.24, 2.45) is 5.73 Å². The van der Waals surface area contributed by atoms with Gasteiger partial charge in [-0.2, -0.15) is 0 Å². The molecule has 4 rings (SSSR count). The zero-order chi connectivity index (χ0) is 27.1. The zero-order valence-electron chi connectivity index (χ0n) is 22.2. The number of urea groups is 1. The van der Waals surface area contributed by atoms with Crippen LogP contribution in [0.5, 0.6) is 0 Å². The van der Waals surface area contributed by atoms with Crippen molar-refractivity contribution in [3.05, 3.63) is 89.5 Å². The number of likely N-dealkylation sites (tertiary alicyclic amines) is 1. The third-order valence-electron chi connectivity index (χ3n) is 7.26. The SMILES string of the molecule is CN(C)c1ccccc1C(CCCN1CCCC1)(NC(N)=O)c1ccc(C(=O)Nc2ccccc2N)cc1.